The van der Waals surface area contributed by atoms with Gasteiger partial charge in [-0.05, 0) is 6.07 Å². The first kappa shape index (κ1) is 8.17. The summed E-state index contributed by atoms with van der Waals surface area (Å²) >= 11 is 5.47. The fourth-order valence-electron chi connectivity index (χ4n) is 0.736. The lowest BCUT2D eigenvalue weighted by Crippen LogP contribution is -1.85. The molecule has 0 fully saturated rings. The minimum atomic E-state index is -0.105. The third kappa shape index (κ3) is 1.56. The first-order valence-corrected chi connectivity index (χ1v) is 3.38. The Morgan fingerprint density at radius 1 is 1.27 bits per heavy atom. The molecule has 0 unspecified atom stereocenters. The first-order valence-electron chi connectivity index (χ1n) is 3.00. The molecule has 1 radical (unpaired) electrons. The number of halogens is 1. The number of nitrogens with one attached hydrogen (secondary N) is 1. The van der Waals surface area contributed by atoms with Gasteiger partial charge in [-0.25, -0.2) is 0 Å². The highest BCUT2D eigenvalue weighted by molar-refractivity contribution is 6.32. The van der Waals surface area contributed by atoms with Gasteiger partial charge in [-0.3, -0.25) is 5.73 Å². The maximum atomic E-state index is 9.10. The van der Waals surface area contributed by atoms with E-state index in [1.165, 1.54) is 12.1 Å². The maximum absolute atomic E-state index is 9.10. The van der Waals surface area contributed by atoms with Crippen molar-refractivity contribution in [3.05, 3.63) is 22.7 Å². The molecule has 1 rings (SSSR count). The van der Waals surface area contributed by atoms with Gasteiger partial charge < -0.3 is 10.2 Å². The van der Waals surface area contributed by atoms with E-state index in [1.54, 1.807) is 0 Å². The van der Waals surface area contributed by atoms with Crippen LogP contribution in [0.3, 0.4) is 0 Å². The zero-order valence-electron chi connectivity index (χ0n) is 5.63. The lowest BCUT2D eigenvalue weighted by Gasteiger charge is -2.02. The van der Waals surface area contributed by atoms with Crippen LogP contribution in [0.15, 0.2) is 12.1 Å². The lowest BCUT2D eigenvalue weighted by atomic mass is 10.2. The van der Waals surface area contributed by atoms with Crippen molar-refractivity contribution in [2.45, 2.75) is 6.54 Å². The van der Waals surface area contributed by atoms with Crippen LogP contribution >= 0.6 is 11.6 Å². The molecule has 0 aliphatic rings. The van der Waals surface area contributed by atoms with Crippen molar-refractivity contribution in [2.75, 3.05) is 0 Å². The van der Waals surface area contributed by atoms with Gasteiger partial charge in [-0.1, -0.05) is 11.6 Å². The molecule has 0 atom stereocenters. The summed E-state index contributed by atoms with van der Waals surface area (Å²) in [4.78, 5) is 0. The summed E-state index contributed by atoms with van der Waals surface area (Å²) in [6.07, 6.45) is 0. The predicted molar refractivity (Wildman–Crippen MR) is 41.6 cm³/mol. The van der Waals surface area contributed by atoms with E-state index in [4.69, 9.17) is 27.5 Å². The van der Waals surface area contributed by atoms with E-state index in [2.05, 4.69) is 0 Å². The fourth-order valence-corrected chi connectivity index (χ4v) is 0.894. The molecule has 0 aliphatic carbocycles. The standard InChI is InChI=1S/C7H7ClNO2/c8-5-2-6(10)4(3-9)1-7(5)11/h1-2,9-11H,3H2. The highest BCUT2D eigenvalue weighted by Gasteiger charge is 2.04. The molecule has 0 spiro atoms. The van der Waals surface area contributed by atoms with Crippen LogP contribution in [0, 0.1) is 0 Å². The van der Waals surface area contributed by atoms with E-state index >= 15 is 0 Å². The Morgan fingerprint density at radius 3 is 2.45 bits per heavy atom. The van der Waals surface area contributed by atoms with Crippen LogP contribution in [0.4, 0.5) is 0 Å². The zero-order valence-corrected chi connectivity index (χ0v) is 6.39. The average Bonchev–Trinajstić information content (AvgIpc) is 1.97. The van der Waals surface area contributed by atoms with Gasteiger partial charge in [0.25, 0.3) is 0 Å². The second-order valence-corrected chi connectivity index (χ2v) is 2.52. The molecular formula is C7H7ClNO2. The molecule has 59 valence electrons. The monoisotopic (exact) mass is 172 g/mol. The molecule has 0 saturated heterocycles. The summed E-state index contributed by atoms with van der Waals surface area (Å²) in [5.74, 6) is -0.158. The van der Waals surface area contributed by atoms with Crippen LogP contribution in [-0.4, -0.2) is 10.2 Å². The highest BCUT2D eigenvalue weighted by atomic mass is 35.5. The number of rotatable bonds is 1. The summed E-state index contributed by atoms with van der Waals surface area (Å²) in [7, 11) is 0. The highest BCUT2D eigenvalue weighted by Crippen LogP contribution is 2.30. The third-order valence-electron chi connectivity index (χ3n) is 1.34. The molecule has 0 saturated carbocycles. The van der Waals surface area contributed by atoms with Crippen molar-refractivity contribution in [1.82, 2.24) is 5.73 Å². The van der Waals surface area contributed by atoms with E-state index in [0.717, 1.165) is 0 Å². The molecule has 3 nitrogen and oxygen atoms in total. The number of hydrogen-bond donors (Lipinski definition) is 2. The summed E-state index contributed by atoms with van der Waals surface area (Å²) < 4.78 is 0. The van der Waals surface area contributed by atoms with Crippen molar-refractivity contribution in [3.63, 3.8) is 0 Å². The van der Waals surface area contributed by atoms with Crippen LogP contribution in [0.1, 0.15) is 5.56 Å². The van der Waals surface area contributed by atoms with E-state index in [1.807, 2.05) is 0 Å². The van der Waals surface area contributed by atoms with Crippen LogP contribution < -0.4 is 5.73 Å². The van der Waals surface area contributed by atoms with Crippen molar-refractivity contribution >= 4 is 11.6 Å². The van der Waals surface area contributed by atoms with Gasteiger partial charge in [0.05, 0.1) is 5.02 Å². The number of benzene rings is 1. The van der Waals surface area contributed by atoms with Crippen molar-refractivity contribution in [2.24, 2.45) is 0 Å². The van der Waals surface area contributed by atoms with Gasteiger partial charge in [-0.15, -0.1) is 0 Å². The summed E-state index contributed by atoms with van der Waals surface area (Å²) in [6, 6.07) is 2.51. The van der Waals surface area contributed by atoms with Crippen LogP contribution in [0.2, 0.25) is 5.02 Å². The average molecular weight is 173 g/mol. The summed E-state index contributed by atoms with van der Waals surface area (Å²) in [5, 5.41) is 18.2. The van der Waals surface area contributed by atoms with E-state index in [9.17, 15) is 0 Å². The minimum absolute atomic E-state index is 0.0530. The fraction of sp³-hybridized carbons (Fsp3) is 0.143. The number of phenols is 2. The topological polar surface area (TPSA) is 64.3 Å². The largest absolute Gasteiger partial charge is 0.508 e. The molecule has 0 bridgehead atoms. The van der Waals surface area contributed by atoms with Gasteiger partial charge in [0, 0.05) is 18.2 Å². The molecule has 4 heteroatoms. The third-order valence-corrected chi connectivity index (χ3v) is 1.64. The quantitative estimate of drug-likeness (QED) is 0.631. The Hall–Kier alpha value is -0.930. The normalized spacial score (nSPS) is 10.0. The smallest absolute Gasteiger partial charge is 0.134 e. The lowest BCUT2D eigenvalue weighted by molar-refractivity contribution is 0.454. The van der Waals surface area contributed by atoms with Crippen LogP contribution in [0.25, 0.3) is 0 Å². The minimum Gasteiger partial charge on any atom is -0.508 e. The van der Waals surface area contributed by atoms with Crippen molar-refractivity contribution < 1.29 is 10.2 Å². The molecule has 0 aromatic heterocycles. The van der Waals surface area contributed by atoms with E-state index in [-0.39, 0.29) is 23.1 Å². The zero-order chi connectivity index (χ0) is 8.43. The van der Waals surface area contributed by atoms with Gasteiger partial charge in [0.15, 0.2) is 0 Å². The van der Waals surface area contributed by atoms with Gasteiger partial charge >= 0.3 is 0 Å². The van der Waals surface area contributed by atoms with Gasteiger partial charge in [0.2, 0.25) is 0 Å². The number of phenolic OH excluding ortho intramolecular Hbond substituents is 2. The molecule has 0 amide bonds. The van der Waals surface area contributed by atoms with Gasteiger partial charge in [0.1, 0.15) is 11.5 Å². The second kappa shape index (κ2) is 2.98. The SMILES string of the molecule is [NH]Cc1cc(O)c(Cl)cc1O. The molecule has 0 aliphatic heterocycles. The van der Waals surface area contributed by atoms with Crippen LogP contribution in [-0.2, 0) is 6.54 Å². The molecule has 11 heavy (non-hydrogen) atoms. The Bertz CT molecular complexity index is 275. The Labute approximate surface area is 69.0 Å². The first-order chi connectivity index (χ1) is 5.15. The van der Waals surface area contributed by atoms with E-state index in [0.29, 0.717) is 5.56 Å². The van der Waals surface area contributed by atoms with Crippen molar-refractivity contribution in [1.29, 1.82) is 0 Å². The number of hydrogen-bond acceptors (Lipinski definition) is 2. The van der Waals surface area contributed by atoms with Crippen LogP contribution in [0.5, 0.6) is 11.5 Å². The van der Waals surface area contributed by atoms with E-state index < -0.39 is 0 Å². The molecular weight excluding hydrogens is 166 g/mol. The Morgan fingerprint density at radius 2 is 1.91 bits per heavy atom. The van der Waals surface area contributed by atoms with Crippen molar-refractivity contribution in [3.8, 4) is 11.5 Å². The number of aromatic hydroxyl groups is 2. The second-order valence-electron chi connectivity index (χ2n) is 2.11. The molecule has 1 aromatic carbocycles. The molecule has 0 heterocycles. The predicted octanol–water partition coefficient (Wildman–Crippen LogP) is 1.53. The maximum Gasteiger partial charge on any atom is 0.134 e. The Balaban J connectivity index is 3.21. The Kier molecular flexibility index (Phi) is 2.22. The summed E-state index contributed by atoms with van der Waals surface area (Å²) in [6.45, 7) is -0.0729. The van der Waals surface area contributed by atoms with Gasteiger partial charge in [-0.2, -0.15) is 0 Å². The molecule has 3 N–H and O–H groups in total. The molecule has 1 aromatic rings. The summed E-state index contributed by atoms with van der Waals surface area (Å²) in [5.41, 5.74) is 7.30.